The number of nitrogens with zero attached hydrogens (tertiary/aromatic N) is 2. The molecule has 0 fully saturated rings. The number of nitrogens with one attached hydrogen (secondary N) is 3. The average Bonchev–Trinajstić information content (AvgIpc) is 3.01. The van der Waals surface area contributed by atoms with Crippen LogP contribution in [0.15, 0.2) is 22.5 Å². The Labute approximate surface area is 161 Å². The molecule has 0 radical (unpaired) electrons. The van der Waals surface area contributed by atoms with Crippen molar-refractivity contribution in [2.45, 2.75) is 32.0 Å². The third-order valence-corrected chi connectivity index (χ3v) is 5.29. The molecule has 9 heteroatoms. The topological polar surface area (TPSA) is 96.0 Å². The Balaban J connectivity index is 1.77. The van der Waals surface area contributed by atoms with Gasteiger partial charge in [0.15, 0.2) is 4.34 Å². The van der Waals surface area contributed by atoms with Gasteiger partial charge < -0.3 is 10.6 Å². The predicted molar refractivity (Wildman–Crippen MR) is 107 cm³/mol. The number of carbonyl (C=O) groups is 2. The minimum atomic E-state index is -0.542. The van der Waals surface area contributed by atoms with Crippen molar-refractivity contribution >= 4 is 45.9 Å². The molecule has 0 saturated carbocycles. The van der Waals surface area contributed by atoms with Crippen molar-refractivity contribution in [3.63, 3.8) is 0 Å². The minimum absolute atomic E-state index is 0.0963. The van der Waals surface area contributed by atoms with E-state index in [2.05, 4.69) is 40.0 Å². The van der Waals surface area contributed by atoms with Gasteiger partial charge in [0.05, 0.1) is 5.75 Å². The van der Waals surface area contributed by atoms with Crippen LogP contribution in [0.4, 0.5) is 15.6 Å². The second-order valence-corrected chi connectivity index (χ2v) is 8.46. The molecule has 0 aliphatic carbocycles. The quantitative estimate of drug-likeness (QED) is 0.621. The van der Waals surface area contributed by atoms with Crippen molar-refractivity contribution in [2.24, 2.45) is 5.92 Å². The molecule has 0 aliphatic rings. The summed E-state index contributed by atoms with van der Waals surface area (Å²) in [5.41, 5.74) is 2.73. The molecule has 0 bridgehead atoms. The molecule has 1 heterocycles. The maximum atomic E-state index is 11.9. The van der Waals surface area contributed by atoms with E-state index in [0.717, 1.165) is 22.8 Å². The minimum Gasteiger partial charge on any atom is -0.360 e. The van der Waals surface area contributed by atoms with Crippen LogP contribution >= 0.6 is 23.1 Å². The molecule has 140 valence electrons. The fraction of sp³-hybridized carbons (Fsp3) is 0.412. The van der Waals surface area contributed by atoms with E-state index in [1.807, 2.05) is 32.0 Å². The molecule has 1 aromatic carbocycles. The van der Waals surface area contributed by atoms with Gasteiger partial charge in [0.2, 0.25) is 11.0 Å². The largest absolute Gasteiger partial charge is 0.360 e. The van der Waals surface area contributed by atoms with E-state index < -0.39 is 6.03 Å². The van der Waals surface area contributed by atoms with Gasteiger partial charge in [-0.15, -0.1) is 10.2 Å². The Kier molecular flexibility index (Phi) is 7.40. The van der Waals surface area contributed by atoms with Crippen LogP contribution in [0.25, 0.3) is 0 Å². The lowest BCUT2D eigenvalue weighted by atomic mass is 10.1. The first kappa shape index (κ1) is 20.2. The number of hydrogen-bond acceptors (Lipinski definition) is 7. The van der Waals surface area contributed by atoms with E-state index >= 15 is 0 Å². The Bertz CT molecular complexity index is 776. The number of aryl methyl sites for hydroxylation is 2. The molecule has 1 aromatic heterocycles. The molecule has 3 amide bonds. The highest BCUT2D eigenvalue weighted by Crippen LogP contribution is 2.25. The monoisotopic (exact) mass is 393 g/mol. The second kappa shape index (κ2) is 9.54. The van der Waals surface area contributed by atoms with Gasteiger partial charge >= 0.3 is 6.03 Å². The molecule has 26 heavy (non-hydrogen) atoms. The summed E-state index contributed by atoms with van der Waals surface area (Å²) in [6.45, 7) is 8.92. The molecule has 0 atom stereocenters. The number of thioether (sulfide) groups is 1. The zero-order valence-electron chi connectivity index (χ0n) is 15.3. The highest BCUT2D eigenvalue weighted by Gasteiger charge is 2.12. The van der Waals surface area contributed by atoms with Gasteiger partial charge in [-0.3, -0.25) is 10.1 Å². The average molecular weight is 394 g/mol. The summed E-state index contributed by atoms with van der Waals surface area (Å²) in [5.74, 6) is 0.222. The summed E-state index contributed by atoms with van der Waals surface area (Å²) in [5, 5.41) is 17.0. The third-order valence-electron chi connectivity index (χ3n) is 3.28. The summed E-state index contributed by atoms with van der Waals surface area (Å²) < 4.78 is 0.682. The fourth-order valence-electron chi connectivity index (χ4n) is 2.03. The predicted octanol–water partition coefficient (Wildman–Crippen LogP) is 3.66. The first-order valence-corrected chi connectivity index (χ1v) is 10.0. The van der Waals surface area contributed by atoms with Crippen LogP contribution in [0.2, 0.25) is 0 Å². The number of aromatic nitrogens is 2. The van der Waals surface area contributed by atoms with Crippen molar-refractivity contribution in [3.05, 3.63) is 29.3 Å². The number of anilines is 2. The maximum absolute atomic E-state index is 11.9. The molecule has 0 spiro atoms. The number of imide groups is 1. The van der Waals surface area contributed by atoms with Crippen molar-refractivity contribution < 1.29 is 9.59 Å². The summed E-state index contributed by atoms with van der Waals surface area (Å²) in [7, 11) is 0. The molecule has 7 nitrogen and oxygen atoms in total. The Morgan fingerprint density at radius 3 is 2.69 bits per heavy atom. The Morgan fingerprint density at radius 2 is 2.00 bits per heavy atom. The molecule has 2 aromatic rings. The van der Waals surface area contributed by atoms with Gasteiger partial charge in [0.25, 0.3) is 0 Å². The highest BCUT2D eigenvalue weighted by atomic mass is 32.2. The lowest BCUT2D eigenvalue weighted by Gasteiger charge is -2.09. The Morgan fingerprint density at radius 1 is 1.23 bits per heavy atom. The van der Waals surface area contributed by atoms with E-state index in [-0.39, 0.29) is 11.7 Å². The second-order valence-electron chi connectivity index (χ2n) is 6.26. The van der Waals surface area contributed by atoms with Gasteiger partial charge in [-0.1, -0.05) is 54.6 Å². The molecule has 0 saturated heterocycles. The maximum Gasteiger partial charge on any atom is 0.325 e. The van der Waals surface area contributed by atoms with Crippen LogP contribution in [-0.2, 0) is 4.79 Å². The standard InChI is InChI=1S/C17H23N5O2S2/c1-10(2)8-18-16-21-22-17(26-16)25-9-14(23)20-15(24)19-13-6-5-11(3)7-12(13)4/h5-7,10H,8-9H2,1-4H3,(H,18,21)(H2,19,20,23,24). The van der Waals surface area contributed by atoms with Gasteiger partial charge in [0, 0.05) is 12.2 Å². The SMILES string of the molecule is Cc1ccc(NC(=O)NC(=O)CSc2nnc(NCC(C)C)s2)c(C)c1. The van der Waals surface area contributed by atoms with E-state index in [1.165, 1.54) is 23.1 Å². The lowest BCUT2D eigenvalue weighted by molar-refractivity contribution is -0.117. The third kappa shape index (κ3) is 6.64. The van der Waals surface area contributed by atoms with Crippen molar-refractivity contribution in [3.8, 4) is 0 Å². The normalized spacial score (nSPS) is 10.7. The van der Waals surface area contributed by atoms with Gasteiger partial charge in [0.1, 0.15) is 0 Å². The molecular weight excluding hydrogens is 370 g/mol. The number of rotatable bonds is 7. The lowest BCUT2D eigenvalue weighted by Crippen LogP contribution is -2.35. The molecular formula is C17H23N5O2S2. The van der Waals surface area contributed by atoms with Gasteiger partial charge in [-0.25, -0.2) is 4.79 Å². The molecule has 3 N–H and O–H groups in total. The Hall–Kier alpha value is -2.13. The van der Waals surface area contributed by atoms with E-state index in [0.29, 0.717) is 15.9 Å². The summed E-state index contributed by atoms with van der Waals surface area (Å²) in [4.78, 5) is 23.9. The van der Waals surface area contributed by atoms with Crippen LogP contribution in [-0.4, -0.2) is 34.4 Å². The van der Waals surface area contributed by atoms with E-state index in [9.17, 15) is 9.59 Å². The van der Waals surface area contributed by atoms with Gasteiger partial charge in [-0.2, -0.15) is 0 Å². The number of benzene rings is 1. The zero-order valence-corrected chi connectivity index (χ0v) is 16.9. The molecule has 2 rings (SSSR count). The van der Waals surface area contributed by atoms with Crippen molar-refractivity contribution in [2.75, 3.05) is 22.9 Å². The number of hydrogen-bond donors (Lipinski definition) is 3. The fourth-order valence-corrected chi connectivity index (χ4v) is 3.59. The first-order chi connectivity index (χ1) is 12.3. The van der Waals surface area contributed by atoms with Crippen LogP contribution in [0.3, 0.4) is 0 Å². The molecule has 0 unspecified atom stereocenters. The van der Waals surface area contributed by atoms with Crippen LogP contribution < -0.4 is 16.0 Å². The van der Waals surface area contributed by atoms with E-state index in [1.54, 1.807) is 0 Å². The summed E-state index contributed by atoms with van der Waals surface area (Å²) in [6.07, 6.45) is 0. The first-order valence-electron chi connectivity index (χ1n) is 8.21. The summed E-state index contributed by atoms with van der Waals surface area (Å²) >= 11 is 2.64. The number of amides is 3. The van der Waals surface area contributed by atoms with E-state index in [4.69, 9.17) is 0 Å². The molecule has 0 aliphatic heterocycles. The van der Waals surface area contributed by atoms with Crippen LogP contribution in [0, 0.1) is 19.8 Å². The summed E-state index contributed by atoms with van der Waals surface area (Å²) in [6, 6.07) is 5.14. The number of urea groups is 1. The van der Waals surface area contributed by atoms with Crippen LogP contribution in [0.1, 0.15) is 25.0 Å². The smallest absolute Gasteiger partial charge is 0.325 e. The zero-order chi connectivity index (χ0) is 19.1. The van der Waals surface area contributed by atoms with Gasteiger partial charge in [-0.05, 0) is 31.4 Å². The highest BCUT2D eigenvalue weighted by molar-refractivity contribution is 8.01. The van der Waals surface area contributed by atoms with Crippen molar-refractivity contribution in [1.29, 1.82) is 0 Å². The van der Waals surface area contributed by atoms with Crippen molar-refractivity contribution in [1.82, 2.24) is 15.5 Å². The van der Waals surface area contributed by atoms with Crippen LogP contribution in [0.5, 0.6) is 0 Å². The number of carbonyl (C=O) groups excluding carboxylic acids is 2.